The molecule has 0 saturated carbocycles. The van der Waals surface area contributed by atoms with Crippen LogP contribution in [0.4, 0.5) is 4.79 Å². The molecule has 128 valence electrons. The number of rotatable bonds is 3. The summed E-state index contributed by atoms with van der Waals surface area (Å²) in [6.07, 6.45) is 0.351. The van der Waals surface area contributed by atoms with Crippen molar-refractivity contribution < 1.29 is 14.4 Å². The second kappa shape index (κ2) is 7.31. The summed E-state index contributed by atoms with van der Waals surface area (Å²) < 4.78 is 0.992. The molecule has 4 amide bonds. The molecule has 0 radical (unpaired) electrons. The molecule has 2 aliphatic rings. The highest BCUT2D eigenvalue weighted by Gasteiger charge is 2.31. The molecule has 1 unspecified atom stereocenters. The molecule has 2 fully saturated rings. The highest BCUT2D eigenvalue weighted by molar-refractivity contribution is 9.10. The Morgan fingerprint density at radius 2 is 1.79 bits per heavy atom. The molecular weight excluding hydrogens is 376 g/mol. The van der Waals surface area contributed by atoms with Crippen LogP contribution in [0.15, 0.2) is 28.7 Å². The maximum Gasteiger partial charge on any atom is 0.322 e. The number of benzene rings is 1. The van der Waals surface area contributed by atoms with E-state index < -0.39 is 6.03 Å². The van der Waals surface area contributed by atoms with Crippen molar-refractivity contribution in [3.05, 3.63) is 34.3 Å². The van der Waals surface area contributed by atoms with Gasteiger partial charge in [-0.25, -0.2) is 4.79 Å². The SMILES string of the molecule is O=C1CC(N2CCN(C(=O)Cc3ccc(Br)cc3)CC2)NC(=O)N1. The van der Waals surface area contributed by atoms with Gasteiger partial charge < -0.3 is 10.2 Å². The number of halogens is 1. The number of piperazine rings is 1. The Labute approximate surface area is 148 Å². The predicted molar refractivity (Wildman–Crippen MR) is 91.1 cm³/mol. The van der Waals surface area contributed by atoms with Gasteiger partial charge in [0.2, 0.25) is 11.8 Å². The average Bonchev–Trinajstić information content (AvgIpc) is 2.56. The lowest BCUT2D eigenvalue weighted by Gasteiger charge is -2.40. The molecule has 1 aromatic carbocycles. The number of nitrogens with zero attached hydrogens (tertiary/aromatic N) is 2. The van der Waals surface area contributed by atoms with Gasteiger partial charge in [0.25, 0.3) is 0 Å². The van der Waals surface area contributed by atoms with Crippen LogP contribution >= 0.6 is 15.9 Å². The molecule has 2 heterocycles. The minimum absolute atomic E-state index is 0.0994. The predicted octanol–water partition coefficient (Wildman–Crippen LogP) is 0.691. The van der Waals surface area contributed by atoms with E-state index in [0.717, 1.165) is 10.0 Å². The first-order valence-electron chi connectivity index (χ1n) is 7.88. The zero-order chi connectivity index (χ0) is 17.1. The van der Waals surface area contributed by atoms with Gasteiger partial charge in [-0.2, -0.15) is 0 Å². The molecule has 2 aliphatic heterocycles. The monoisotopic (exact) mass is 394 g/mol. The van der Waals surface area contributed by atoms with Gasteiger partial charge >= 0.3 is 6.03 Å². The fourth-order valence-corrected chi connectivity index (χ4v) is 3.25. The zero-order valence-corrected chi connectivity index (χ0v) is 14.7. The minimum Gasteiger partial charge on any atom is -0.340 e. The van der Waals surface area contributed by atoms with E-state index in [2.05, 4.69) is 26.6 Å². The van der Waals surface area contributed by atoms with Crippen LogP contribution in [0.2, 0.25) is 0 Å². The Morgan fingerprint density at radius 3 is 2.42 bits per heavy atom. The number of hydrogen-bond acceptors (Lipinski definition) is 4. The lowest BCUT2D eigenvalue weighted by molar-refractivity contribution is -0.133. The molecule has 2 N–H and O–H groups in total. The molecule has 0 spiro atoms. The Bertz CT molecular complexity index is 625. The molecule has 0 aliphatic carbocycles. The van der Waals surface area contributed by atoms with Crippen LogP contribution in [0.3, 0.4) is 0 Å². The lowest BCUT2D eigenvalue weighted by atomic mass is 10.1. The van der Waals surface area contributed by atoms with Crippen LogP contribution in [0, 0.1) is 0 Å². The molecule has 3 rings (SSSR count). The normalized spacial score (nSPS) is 22.0. The van der Waals surface area contributed by atoms with Crippen LogP contribution < -0.4 is 10.6 Å². The quantitative estimate of drug-likeness (QED) is 0.789. The fraction of sp³-hybridized carbons (Fsp3) is 0.438. The summed E-state index contributed by atoms with van der Waals surface area (Å²) in [4.78, 5) is 39.1. The Morgan fingerprint density at radius 1 is 1.12 bits per heavy atom. The van der Waals surface area contributed by atoms with Crippen molar-refractivity contribution in [2.75, 3.05) is 26.2 Å². The summed E-state index contributed by atoms with van der Waals surface area (Å²) >= 11 is 3.38. The number of hydrogen-bond donors (Lipinski definition) is 2. The van der Waals surface area contributed by atoms with Crippen LogP contribution in [-0.2, 0) is 16.0 Å². The van der Waals surface area contributed by atoms with Crippen LogP contribution in [0.1, 0.15) is 12.0 Å². The highest BCUT2D eigenvalue weighted by Crippen LogP contribution is 2.14. The third kappa shape index (κ3) is 4.12. The molecule has 2 saturated heterocycles. The smallest absolute Gasteiger partial charge is 0.322 e. The minimum atomic E-state index is -0.454. The van der Waals surface area contributed by atoms with E-state index in [9.17, 15) is 14.4 Å². The summed E-state index contributed by atoms with van der Waals surface area (Å²) in [7, 11) is 0. The first-order valence-corrected chi connectivity index (χ1v) is 8.67. The van der Waals surface area contributed by atoms with Crippen molar-refractivity contribution in [3.8, 4) is 0 Å². The second-order valence-electron chi connectivity index (χ2n) is 5.96. The molecular formula is C16H19BrN4O3. The number of amides is 4. The van der Waals surface area contributed by atoms with Gasteiger partial charge in [-0.3, -0.25) is 19.8 Å². The Kier molecular flexibility index (Phi) is 5.15. The number of carbonyl (C=O) groups excluding carboxylic acids is 3. The average molecular weight is 395 g/mol. The molecule has 0 bridgehead atoms. The van der Waals surface area contributed by atoms with Crippen LogP contribution in [0.25, 0.3) is 0 Å². The summed E-state index contributed by atoms with van der Waals surface area (Å²) in [5.41, 5.74) is 0.988. The van der Waals surface area contributed by atoms with E-state index in [1.54, 1.807) is 0 Å². The maximum atomic E-state index is 12.4. The zero-order valence-electron chi connectivity index (χ0n) is 13.1. The third-order valence-electron chi connectivity index (χ3n) is 4.31. The van der Waals surface area contributed by atoms with Crippen molar-refractivity contribution in [2.24, 2.45) is 0 Å². The van der Waals surface area contributed by atoms with Gasteiger partial charge in [0.15, 0.2) is 0 Å². The van der Waals surface area contributed by atoms with E-state index in [0.29, 0.717) is 32.6 Å². The van der Waals surface area contributed by atoms with Crippen molar-refractivity contribution in [2.45, 2.75) is 19.0 Å². The summed E-state index contributed by atoms with van der Waals surface area (Å²) in [5.74, 6) is -0.167. The molecule has 0 aromatic heterocycles. The number of imide groups is 1. The first kappa shape index (κ1) is 16.9. The second-order valence-corrected chi connectivity index (χ2v) is 6.88. The Balaban J connectivity index is 1.51. The Hall–Kier alpha value is -1.93. The van der Waals surface area contributed by atoms with E-state index in [1.807, 2.05) is 34.1 Å². The van der Waals surface area contributed by atoms with E-state index >= 15 is 0 Å². The van der Waals surface area contributed by atoms with Crippen LogP contribution in [-0.4, -0.2) is 60.0 Å². The third-order valence-corrected chi connectivity index (χ3v) is 4.83. The van der Waals surface area contributed by atoms with Crippen molar-refractivity contribution >= 4 is 33.8 Å². The topological polar surface area (TPSA) is 81.8 Å². The van der Waals surface area contributed by atoms with E-state index in [-0.39, 0.29) is 24.4 Å². The maximum absolute atomic E-state index is 12.4. The van der Waals surface area contributed by atoms with E-state index in [1.165, 1.54) is 0 Å². The van der Waals surface area contributed by atoms with Crippen LogP contribution in [0.5, 0.6) is 0 Å². The van der Waals surface area contributed by atoms with Crippen molar-refractivity contribution in [3.63, 3.8) is 0 Å². The standard InChI is InChI=1S/C16H19BrN4O3/c17-12-3-1-11(2-4-12)9-15(23)21-7-5-20(6-8-21)13-10-14(22)19-16(24)18-13/h1-4,13H,5-10H2,(H2,18,19,22,24). The van der Waals surface area contributed by atoms with Gasteiger partial charge in [-0.1, -0.05) is 28.1 Å². The molecule has 8 heteroatoms. The number of nitrogens with one attached hydrogen (secondary N) is 2. The van der Waals surface area contributed by atoms with Gasteiger partial charge in [0, 0.05) is 30.7 Å². The summed E-state index contributed by atoms with van der Waals surface area (Å²) in [6.45, 7) is 2.49. The van der Waals surface area contributed by atoms with Crippen molar-refractivity contribution in [1.82, 2.24) is 20.4 Å². The molecule has 1 atom stereocenters. The van der Waals surface area contributed by atoms with Crippen molar-refractivity contribution in [1.29, 1.82) is 0 Å². The van der Waals surface area contributed by atoms with Gasteiger partial charge in [0.05, 0.1) is 19.0 Å². The fourth-order valence-electron chi connectivity index (χ4n) is 2.98. The van der Waals surface area contributed by atoms with Gasteiger partial charge in [-0.15, -0.1) is 0 Å². The number of carbonyl (C=O) groups is 3. The van der Waals surface area contributed by atoms with E-state index in [4.69, 9.17) is 0 Å². The molecule has 24 heavy (non-hydrogen) atoms. The summed E-state index contributed by atoms with van der Waals surface area (Å²) in [5, 5.41) is 4.98. The number of urea groups is 1. The largest absolute Gasteiger partial charge is 0.340 e. The molecule has 1 aromatic rings. The van der Waals surface area contributed by atoms with Gasteiger partial charge in [-0.05, 0) is 17.7 Å². The first-order chi connectivity index (χ1) is 11.5. The highest BCUT2D eigenvalue weighted by atomic mass is 79.9. The van der Waals surface area contributed by atoms with Gasteiger partial charge in [0.1, 0.15) is 0 Å². The molecule has 7 nitrogen and oxygen atoms in total. The lowest BCUT2D eigenvalue weighted by Crippen LogP contribution is -2.62. The summed E-state index contributed by atoms with van der Waals surface area (Å²) in [6, 6.07) is 7.28.